The van der Waals surface area contributed by atoms with Crippen molar-refractivity contribution in [2.24, 2.45) is 0 Å². The van der Waals surface area contributed by atoms with Crippen LogP contribution in [0.5, 0.6) is 0 Å². The van der Waals surface area contributed by atoms with Gasteiger partial charge in [-0.3, -0.25) is 29.7 Å². The van der Waals surface area contributed by atoms with Crippen LogP contribution in [0.2, 0.25) is 0 Å². The molecule has 2 rings (SSSR count). The molecule has 0 aliphatic heterocycles. The summed E-state index contributed by atoms with van der Waals surface area (Å²) in [4.78, 5) is 33.0. The Kier molecular flexibility index (Phi) is 5.52. The largest absolute Gasteiger partial charge is 0.322 e. The molecule has 1 aromatic heterocycles. The van der Waals surface area contributed by atoms with Crippen LogP contribution >= 0.6 is 31.9 Å². The van der Waals surface area contributed by atoms with Crippen molar-refractivity contribution in [1.29, 1.82) is 0 Å². The van der Waals surface area contributed by atoms with E-state index >= 15 is 0 Å². The lowest BCUT2D eigenvalue weighted by Gasteiger charge is -2.14. The molecule has 10 nitrogen and oxygen atoms in total. The number of anilines is 1. The van der Waals surface area contributed by atoms with Crippen LogP contribution in [0, 0.1) is 27.2 Å². The summed E-state index contributed by atoms with van der Waals surface area (Å²) in [5.41, 5.74) is 0.170. The van der Waals surface area contributed by atoms with Crippen molar-refractivity contribution in [2.45, 2.75) is 19.9 Å². The number of hydrogen-bond acceptors (Lipinski definition) is 6. The molecule has 1 atom stereocenters. The standard InChI is InChI=1S/C13H11Br2N5O5/c1-6-11(20(24)25)5-18(17-6)7(2)13(21)16-12-9(14)3-8(19(22)23)4-10(12)15/h3-5,7H,1-2H3,(H,16,21). The van der Waals surface area contributed by atoms with Crippen molar-refractivity contribution in [3.05, 3.63) is 53.2 Å². The van der Waals surface area contributed by atoms with Crippen LogP contribution in [0.15, 0.2) is 27.3 Å². The summed E-state index contributed by atoms with van der Waals surface area (Å²) >= 11 is 6.35. The zero-order valence-electron chi connectivity index (χ0n) is 12.9. The molecule has 132 valence electrons. The van der Waals surface area contributed by atoms with Crippen molar-refractivity contribution in [2.75, 3.05) is 5.32 Å². The molecular weight excluding hydrogens is 466 g/mol. The number of amides is 1. The summed E-state index contributed by atoms with van der Waals surface area (Å²) in [6, 6.07) is 1.68. The van der Waals surface area contributed by atoms with E-state index in [-0.39, 0.29) is 17.1 Å². The van der Waals surface area contributed by atoms with E-state index in [9.17, 15) is 25.0 Å². The fourth-order valence-electron chi connectivity index (χ4n) is 1.98. The molecule has 2 aromatic rings. The molecule has 12 heteroatoms. The van der Waals surface area contributed by atoms with E-state index in [1.165, 1.54) is 36.9 Å². The van der Waals surface area contributed by atoms with Crippen LogP contribution in [0.1, 0.15) is 18.7 Å². The van der Waals surface area contributed by atoms with Crippen molar-refractivity contribution >= 4 is 54.8 Å². The Hall–Kier alpha value is -2.34. The number of nitro benzene ring substituents is 1. The molecule has 0 saturated heterocycles. The Morgan fingerprint density at radius 3 is 2.24 bits per heavy atom. The highest BCUT2D eigenvalue weighted by Crippen LogP contribution is 2.35. The normalized spacial score (nSPS) is 11.8. The minimum Gasteiger partial charge on any atom is -0.322 e. The van der Waals surface area contributed by atoms with Gasteiger partial charge in [0, 0.05) is 21.1 Å². The first kappa shape index (κ1) is 19.0. The minimum absolute atomic E-state index is 0.150. The third-order valence-corrected chi connectivity index (χ3v) is 4.60. The number of benzene rings is 1. The lowest BCUT2D eigenvalue weighted by atomic mass is 10.2. The molecule has 0 fully saturated rings. The molecule has 0 aliphatic carbocycles. The molecule has 1 amide bonds. The van der Waals surface area contributed by atoms with Crippen LogP contribution in [0.25, 0.3) is 0 Å². The van der Waals surface area contributed by atoms with Crippen molar-refractivity contribution < 1.29 is 14.6 Å². The SMILES string of the molecule is Cc1nn(C(C)C(=O)Nc2c(Br)cc([N+](=O)[O-])cc2Br)cc1[N+](=O)[O-]. The molecule has 1 heterocycles. The zero-order chi connectivity index (χ0) is 18.9. The number of carbonyl (C=O) groups excluding carboxylic acids is 1. The van der Waals surface area contributed by atoms with Gasteiger partial charge in [-0.1, -0.05) is 0 Å². The summed E-state index contributed by atoms with van der Waals surface area (Å²) in [5.74, 6) is -0.493. The van der Waals surface area contributed by atoms with Crippen molar-refractivity contribution in [1.82, 2.24) is 9.78 Å². The molecule has 25 heavy (non-hydrogen) atoms. The van der Waals surface area contributed by atoms with Crippen LogP contribution in [-0.2, 0) is 4.79 Å². The number of halogens is 2. The fourth-order valence-corrected chi connectivity index (χ4v) is 3.34. The maximum absolute atomic E-state index is 12.4. The third-order valence-electron chi connectivity index (χ3n) is 3.35. The van der Waals surface area contributed by atoms with E-state index in [0.717, 1.165) is 0 Å². The minimum atomic E-state index is -0.832. The van der Waals surface area contributed by atoms with Gasteiger partial charge < -0.3 is 5.32 Å². The summed E-state index contributed by atoms with van der Waals surface area (Å²) in [6.45, 7) is 3.00. The topological polar surface area (TPSA) is 133 Å². The Morgan fingerprint density at radius 1 is 1.24 bits per heavy atom. The molecule has 1 aromatic carbocycles. The Bertz CT molecular complexity index is 859. The van der Waals surface area contributed by atoms with E-state index in [1.807, 2.05) is 0 Å². The van der Waals surface area contributed by atoms with Gasteiger partial charge in [-0.2, -0.15) is 5.10 Å². The van der Waals surface area contributed by atoms with Crippen LogP contribution in [-0.4, -0.2) is 25.5 Å². The smallest absolute Gasteiger partial charge is 0.309 e. The molecule has 0 bridgehead atoms. The molecule has 1 unspecified atom stereocenters. The average molecular weight is 477 g/mol. The van der Waals surface area contributed by atoms with Gasteiger partial charge in [0.2, 0.25) is 5.91 Å². The average Bonchev–Trinajstić information content (AvgIpc) is 2.91. The predicted octanol–water partition coefficient (Wildman–Crippen LogP) is 3.73. The first-order valence-corrected chi connectivity index (χ1v) is 8.35. The fraction of sp³-hybridized carbons (Fsp3) is 0.231. The maximum Gasteiger partial charge on any atom is 0.309 e. The molecule has 0 aliphatic rings. The van der Waals surface area contributed by atoms with Gasteiger partial charge in [0.1, 0.15) is 17.9 Å². The number of aromatic nitrogens is 2. The number of nitrogens with zero attached hydrogens (tertiary/aromatic N) is 4. The number of aryl methyl sites for hydroxylation is 1. The molecule has 0 spiro atoms. The van der Waals surface area contributed by atoms with E-state index in [0.29, 0.717) is 14.6 Å². The van der Waals surface area contributed by atoms with Crippen LogP contribution < -0.4 is 5.32 Å². The second kappa shape index (κ2) is 7.27. The second-order valence-corrected chi connectivity index (χ2v) is 6.75. The van der Waals surface area contributed by atoms with E-state index in [1.54, 1.807) is 0 Å². The summed E-state index contributed by atoms with van der Waals surface area (Å²) in [5, 5.41) is 28.3. The first-order chi connectivity index (χ1) is 11.6. The highest BCUT2D eigenvalue weighted by molar-refractivity contribution is 9.11. The molecule has 0 saturated carbocycles. The van der Waals surface area contributed by atoms with Gasteiger partial charge in [0.05, 0.1) is 15.5 Å². The predicted molar refractivity (Wildman–Crippen MR) is 95.5 cm³/mol. The molecule has 1 N–H and O–H groups in total. The van der Waals surface area contributed by atoms with Crippen LogP contribution in [0.3, 0.4) is 0 Å². The van der Waals surface area contributed by atoms with Gasteiger partial charge in [0.25, 0.3) is 5.69 Å². The number of nitrogens with one attached hydrogen (secondary N) is 1. The number of carbonyl (C=O) groups is 1. The molecule has 0 radical (unpaired) electrons. The summed E-state index contributed by atoms with van der Waals surface area (Å²) in [7, 11) is 0. The monoisotopic (exact) mass is 475 g/mol. The van der Waals surface area contributed by atoms with Gasteiger partial charge in [-0.25, -0.2) is 0 Å². The van der Waals surface area contributed by atoms with E-state index in [2.05, 4.69) is 42.3 Å². The quantitative estimate of drug-likeness (QED) is 0.516. The van der Waals surface area contributed by atoms with E-state index < -0.39 is 21.8 Å². The first-order valence-electron chi connectivity index (χ1n) is 6.76. The Morgan fingerprint density at radius 2 is 1.80 bits per heavy atom. The molecular formula is C13H11Br2N5O5. The van der Waals surface area contributed by atoms with E-state index in [4.69, 9.17) is 0 Å². The van der Waals surface area contributed by atoms with Gasteiger partial charge in [-0.15, -0.1) is 0 Å². The zero-order valence-corrected chi connectivity index (χ0v) is 16.1. The highest BCUT2D eigenvalue weighted by atomic mass is 79.9. The highest BCUT2D eigenvalue weighted by Gasteiger charge is 2.24. The lowest BCUT2D eigenvalue weighted by Crippen LogP contribution is -2.24. The van der Waals surface area contributed by atoms with Gasteiger partial charge in [-0.05, 0) is 45.7 Å². The number of nitro groups is 2. The summed E-state index contributed by atoms with van der Waals surface area (Å²) in [6.07, 6.45) is 1.18. The number of hydrogen-bond donors (Lipinski definition) is 1. The Labute approximate surface area is 157 Å². The van der Waals surface area contributed by atoms with Gasteiger partial charge in [0.15, 0.2) is 0 Å². The van der Waals surface area contributed by atoms with Crippen molar-refractivity contribution in [3.63, 3.8) is 0 Å². The summed E-state index contributed by atoms with van der Waals surface area (Å²) < 4.78 is 1.82. The third kappa shape index (κ3) is 4.02. The lowest BCUT2D eigenvalue weighted by molar-refractivity contribution is -0.385. The van der Waals surface area contributed by atoms with Crippen molar-refractivity contribution in [3.8, 4) is 0 Å². The second-order valence-electron chi connectivity index (χ2n) is 5.04. The number of non-ortho nitro benzene ring substituents is 1. The van der Waals surface area contributed by atoms with Crippen LogP contribution in [0.4, 0.5) is 17.1 Å². The van der Waals surface area contributed by atoms with Gasteiger partial charge >= 0.3 is 5.69 Å². The maximum atomic E-state index is 12.4. The Balaban J connectivity index is 2.26. The number of rotatable bonds is 5.